The molecule has 29 heavy (non-hydrogen) atoms. The number of carbonyl (C=O) groups is 2. The van der Waals surface area contributed by atoms with Gasteiger partial charge < -0.3 is 20.1 Å². The van der Waals surface area contributed by atoms with Crippen molar-refractivity contribution in [1.29, 1.82) is 0 Å². The predicted octanol–water partition coefficient (Wildman–Crippen LogP) is 2.62. The van der Waals surface area contributed by atoms with Gasteiger partial charge in [-0.3, -0.25) is 14.5 Å². The maximum absolute atomic E-state index is 12.2. The number of amides is 2. The first-order valence-electron chi connectivity index (χ1n) is 9.82. The SMILES string of the molecule is O=C(CNC(=O)c1ccc2c(c1)OCO2)Nc1nc(CN2CCCCCC2)cs1. The fourth-order valence-electron chi connectivity index (χ4n) is 3.42. The second-order valence-electron chi connectivity index (χ2n) is 7.13. The molecule has 0 saturated carbocycles. The molecule has 0 aliphatic carbocycles. The number of nitrogens with zero attached hydrogens (tertiary/aromatic N) is 2. The normalized spacial score (nSPS) is 16.3. The van der Waals surface area contributed by atoms with Crippen LogP contribution in [0.5, 0.6) is 11.5 Å². The summed E-state index contributed by atoms with van der Waals surface area (Å²) >= 11 is 1.40. The van der Waals surface area contributed by atoms with E-state index in [1.165, 1.54) is 37.0 Å². The summed E-state index contributed by atoms with van der Waals surface area (Å²) in [7, 11) is 0. The van der Waals surface area contributed by atoms with Crippen LogP contribution in [0.15, 0.2) is 23.6 Å². The highest BCUT2D eigenvalue weighted by Crippen LogP contribution is 2.32. The lowest BCUT2D eigenvalue weighted by Crippen LogP contribution is -2.32. The minimum atomic E-state index is -0.348. The molecule has 0 atom stereocenters. The fourth-order valence-corrected chi connectivity index (χ4v) is 4.14. The van der Waals surface area contributed by atoms with E-state index in [1.807, 2.05) is 5.38 Å². The van der Waals surface area contributed by atoms with Crippen molar-refractivity contribution < 1.29 is 19.1 Å². The second-order valence-corrected chi connectivity index (χ2v) is 7.99. The van der Waals surface area contributed by atoms with Crippen molar-refractivity contribution in [2.75, 3.05) is 31.7 Å². The maximum Gasteiger partial charge on any atom is 0.251 e. The average Bonchev–Trinajstić information content (AvgIpc) is 3.29. The zero-order chi connectivity index (χ0) is 20.1. The summed E-state index contributed by atoms with van der Waals surface area (Å²) in [5.74, 6) is 0.482. The molecule has 1 aromatic heterocycles. The van der Waals surface area contributed by atoms with Crippen LogP contribution in [0.3, 0.4) is 0 Å². The fraction of sp³-hybridized carbons (Fsp3) is 0.450. The Morgan fingerprint density at radius 1 is 1.10 bits per heavy atom. The second kappa shape index (κ2) is 9.23. The largest absolute Gasteiger partial charge is 0.454 e. The number of carbonyl (C=O) groups excluding carboxylic acids is 2. The number of anilines is 1. The number of hydrogen-bond acceptors (Lipinski definition) is 7. The molecule has 9 heteroatoms. The average molecular weight is 417 g/mol. The molecule has 4 rings (SSSR count). The van der Waals surface area contributed by atoms with Gasteiger partial charge in [0.05, 0.1) is 12.2 Å². The van der Waals surface area contributed by atoms with E-state index in [9.17, 15) is 9.59 Å². The molecule has 0 unspecified atom stereocenters. The van der Waals surface area contributed by atoms with E-state index in [1.54, 1.807) is 18.2 Å². The Balaban J connectivity index is 1.24. The van der Waals surface area contributed by atoms with Gasteiger partial charge in [0.2, 0.25) is 12.7 Å². The third-order valence-corrected chi connectivity index (χ3v) is 5.73. The van der Waals surface area contributed by atoms with Gasteiger partial charge in [-0.1, -0.05) is 12.8 Å². The van der Waals surface area contributed by atoms with E-state index in [4.69, 9.17) is 9.47 Å². The number of nitrogens with one attached hydrogen (secondary N) is 2. The lowest BCUT2D eigenvalue weighted by molar-refractivity contribution is -0.115. The quantitative estimate of drug-likeness (QED) is 0.752. The Hall–Kier alpha value is -2.65. The first-order valence-corrected chi connectivity index (χ1v) is 10.7. The van der Waals surface area contributed by atoms with Gasteiger partial charge in [-0.2, -0.15) is 0 Å². The molecule has 3 heterocycles. The highest BCUT2D eigenvalue weighted by Gasteiger charge is 2.17. The third kappa shape index (κ3) is 5.24. The third-order valence-electron chi connectivity index (χ3n) is 4.93. The molecule has 1 aromatic carbocycles. The topological polar surface area (TPSA) is 92.8 Å². The van der Waals surface area contributed by atoms with Crippen LogP contribution in [0.2, 0.25) is 0 Å². The molecule has 8 nitrogen and oxygen atoms in total. The van der Waals surface area contributed by atoms with Crippen molar-refractivity contribution in [3.63, 3.8) is 0 Å². The minimum absolute atomic E-state index is 0.131. The number of ether oxygens (including phenoxy) is 2. The van der Waals surface area contributed by atoms with Gasteiger partial charge >= 0.3 is 0 Å². The Morgan fingerprint density at radius 2 is 1.90 bits per heavy atom. The van der Waals surface area contributed by atoms with Crippen LogP contribution < -0.4 is 20.1 Å². The summed E-state index contributed by atoms with van der Waals surface area (Å²) in [5.41, 5.74) is 1.38. The Bertz CT molecular complexity index is 877. The number of hydrogen-bond donors (Lipinski definition) is 2. The van der Waals surface area contributed by atoms with E-state index in [-0.39, 0.29) is 25.2 Å². The first kappa shape index (κ1) is 19.7. The summed E-state index contributed by atoms with van der Waals surface area (Å²) in [5, 5.41) is 7.89. The maximum atomic E-state index is 12.2. The van der Waals surface area contributed by atoms with Crippen molar-refractivity contribution in [1.82, 2.24) is 15.2 Å². The number of rotatable bonds is 6. The molecule has 0 spiro atoms. The van der Waals surface area contributed by atoms with Gasteiger partial charge in [0.1, 0.15) is 0 Å². The molecule has 2 aliphatic heterocycles. The predicted molar refractivity (Wildman–Crippen MR) is 109 cm³/mol. The standard InChI is InChI=1S/C20H24N4O4S/c25-18(10-21-19(26)14-5-6-16-17(9-14)28-13-27-16)23-20-22-15(12-29-20)11-24-7-3-1-2-4-8-24/h5-6,9,12H,1-4,7-8,10-11,13H2,(H,21,26)(H,22,23,25). The van der Waals surface area contributed by atoms with Crippen LogP contribution in [0.25, 0.3) is 0 Å². The monoisotopic (exact) mass is 416 g/mol. The van der Waals surface area contributed by atoms with Gasteiger partial charge in [0, 0.05) is 17.5 Å². The summed E-state index contributed by atoms with van der Waals surface area (Å²) in [4.78, 5) is 31.3. The molecule has 1 saturated heterocycles. The van der Waals surface area contributed by atoms with E-state index >= 15 is 0 Å². The Kier molecular flexibility index (Phi) is 6.26. The molecule has 0 bridgehead atoms. The first-order chi connectivity index (χ1) is 14.2. The van der Waals surface area contributed by atoms with E-state index < -0.39 is 0 Å². The van der Waals surface area contributed by atoms with Gasteiger partial charge in [-0.25, -0.2) is 4.98 Å². The zero-order valence-corrected chi connectivity index (χ0v) is 16.9. The summed E-state index contributed by atoms with van der Waals surface area (Å²) in [6.07, 6.45) is 5.06. The molecule has 2 N–H and O–H groups in total. The summed E-state index contributed by atoms with van der Waals surface area (Å²) < 4.78 is 10.5. The molecule has 1 fully saturated rings. The number of benzene rings is 1. The lowest BCUT2D eigenvalue weighted by Gasteiger charge is -2.17. The molecule has 2 aromatic rings. The van der Waals surface area contributed by atoms with Crippen molar-refractivity contribution in [2.24, 2.45) is 0 Å². The van der Waals surface area contributed by atoms with Gasteiger partial charge in [0.15, 0.2) is 16.6 Å². The molecule has 2 aliphatic rings. The highest BCUT2D eigenvalue weighted by molar-refractivity contribution is 7.13. The smallest absolute Gasteiger partial charge is 0.251 e. The molecule has 154 valence electrons. The van der Waals surface area contributed by atoms with Gasteiger partial charge in [-0.15, -0.1) is 11.3 Å². The lowest BCUT2D eigenvalue weighted by atomic mass is 10.2. The van der Waals surface area contributed by atoms with Crippen LogP contribution in [0.4, 0.5) is 5.13 Å². The van der Waals surface area contributed by atoms with Crippen molar-refractivity contribution >= 4 is 28.3 Å². The minimum Gasteiger partial charge on any atom is -0.454 e. The van der Waals surface area contributed by atoms with Crippen LogP contribution in [0.1, 0.15) is 41.7 Å². The zero-order valence-electron chi connectivity index (χ0n) is 16.1. The van der Waals surface area contributed by atoms with Crippen LogP contribution in [-0.2, 0) is 11.3 Å². The van der Waals surface area contributed by atoms with Crippen molar-refractivity contribution in [3.8, 4) is 11.5 Å². The van der Waals surface area contributed by atoms with Crippen LogP contribution >= 0.6 is 11.3 Å². The van der Waals surface area contributed by atoms with Crippen LogP contribution in [-0.4, -0.2) is 48.1 Å². The number of fused-ring (bicyclic) bond motifs is 1. The molecule has 2 amide bonds. The summed E-state index contributed by atoms with van der Waals surface area (Å²) in [6.45, 7) is 3.04. The van der Waals surface area contributed by atoms with Gasteiger partial charge in [-0.05, 0) is 44.1 Å². The van der Waals surface area contributed by atoms with E-state index in [0.717, 1.165) is 25.3 Å². The van der Waals surface area contributed by atoms with Crippen LogP contribution in [0, 0.1) is 0 Å². The Labute approximate surface area is 173 Å². The highest BCUT2D eigenvalue weighted by atomic mass is 32.1. The van der Waals surface area contributed by atoms with Crippen molar-refractivity contribution in [2.45, 2.75) is 32.2 Å². The molecule has 0 radical (unpaired) electrons. The van der Waals surface area contributed by atoms with E-state index in [2.05, 4.69) is 20.5 Å². The number of thiazole rings is 1. The molecular formula is C20H24N4O4S. The number of aromatic nitrogens is 1. The Morgan fingerprint density at radius 3 is 2.72 bits per heavy atom. The molecular weight excluding hydrogens is 392 g/mol. The van der Waals surface area contributed by atoms with Gasteiger partial charge in [0.25, 0.3) is 5.91 Å². The van der Waals surface area contributed by atoms with E-state index in [0.29, 0.717) is 22.2 Å². The number of likely N-dealkylation sites (tertiary alicyclic amines) is 1. The van der Waals surface area contributed by atoms with Crippen molar-refractivity contribution in [3.05, 3.63) is 34.8 Å². The summed E-state index contributed by atoms with van der Waals surface area (Å²) in [6, 6.07) is 4.92.